The highest BCUT2D eigenvalue weighted by Gasteiger charge is 2.20. The van der Waals surface area contributed by atoms with Gasteiger partial charge >= 0.3 is 0 Å². The van der Waals surface area contributed by atoms with Gasteiger partial charge in [-0.3, -0.25) is 4.79 Å². The largest absolute Gasteiger partial charge is 0.280 e. The molecular formula is C9H14BrClO. The number of rotatable bonds is 3. The van der Waals surface area contributed by atoms with Crippen LogP contribution in [0, 0.1) is 5.92 Å². The fourth-order valence-corrected chi connectivity index (χ4v) is 2.43. The van der Waals surface area contributed by atoms with E-state index in [-0.39, 0.29) is 10.1 Å². The molecule has 0 radical (unpaired) electrons. The molecule has 70 valence electrons. The Balaban J connectivity index is 2.24. The van der Waals surface area contributed by atoms with Crippen molar-refractivity contribution in [3.63, 3.8) is 0 Å². The van der Waals surface area contributed by atoms with E-state index >= 15 is 0 Å². The molecule has 12 heavy (non-hydrogen) atoms. The molecule has 0 spiro atoms. The zero-order chi connectivity index (χ0) is 8.97. The van der Waals surface area contributed by atoms with Crippen molar-refractivity contribution >= 4 is 32.8 Å². The highest BCUT2D eigenvalue weighted by Crippen LogP contribution is 2.29. The second-order valence-electron chi connectivity index (χ2n) is 3.51. The van der Waals surface area contributed by atoms with Gasteiger partial charge in [0.1, 0.15) is 0 Å². The van der Waals surface area contributed by atoms with Crippen LogP contribution in [0.4, 0.5) is 0 Å². The number of hydrogen-bond donors (Lipinski definition) is 0. The summed E-state index contributed by atoms with van der Waals surface area (Å²) in [5.74, 6) is 0.714. The number of alkyl halides is 1. The van der Waals surface area contributed by atoms with E-state index in [0.29, 0.717) is 5.92 Å². The van der Waals surface area contributed by atoms with Crippen LogP contribution in [0.1, 0.15) is 38.5 Å². The Morgan fingerprint density at radius 3 is 2.50 bits per heavy atom. The molecule has 3 heteroatoms. The Labute approximate surface area is 87.0 Å². The number of carbonyl (C=O) groups excluding carboxylic acids is 1. The van der Waals surface area contributed by atoms with Crippen molar-refractivity contribution in [3.05, 3.63) is 0 Å². The molecule has 0 bridgehead atoms. The van der Waals surface area contributed by atoms with Gasteiger partial charge in [0.05, 0.1) is 4.83 Å². The molecule has 0 aromatic heterocycles. The lowest BCUT2D eigenvalue weighted by Crippen LogP contribution is -2.15. The Hall–Kier alpha value is 0.440. The van der Waals surface area contributed by atoms with Gasteiger partial charge in [-0.1, -0.05) is 48.0 Å². The van der Waals surface area contributed by atoms with Crippen LogP contribution in [-0.4, -0.2) is 10.1 Å². The average molecular weight is 254 g/mol. The Bertz CT molecular complexity index is 155. The van der Waals surface area contributed by atoms with Gasteiger partial charge in [-0.15, -0.1) is 0 Å². The first-order chi connectivity index (χ1) is 5.70. The van der Waals surface area contributed by atoms with Gasteiger partial charge in [-0.2, -0.15) is 0 Å². The molecule has 0 heterocycles. The lowest BCUT2D eigenvalue weighted by atomic mass is 9.86. The van der Waals surface area contributed by atoms with E-state index in [1.807, 2.05) is 0 Å². The summed E-state index contributed by atoms with van der Waals surface area (Å²) >= 11 is 8.66. The maximum absolute atomic E-state index is 10.7. The minimum absolute atomic E-state index is 0.123. The molecule has 0 aromatic rings. The third-order valence-corrected chi connectivity index (χ3v) is 3.83. The van der Waals surface area contributed by atoms with E-state index in [1.165, 1.54) is 32.1 Å². The van der Waals surface area contributed by atoms with Gasteiger partial charge < -0.3 is 0 Å². The molecule has 1 saturated carbocycles. The molecule has 0 N–H and O–H groups in total. The van der Waals surface area contributed by atoms with Crippen molar-refractivity contribution in [1.29, 1.82) is 0 Å². The summed E-state index contributed by atoms with van der Waals surface area (Å²) in [6.07, 6.45) is 7.46. The summed E-state index contributed by atoms with van der Waals surface area (Å²) < 4.78 is 0. The zero-order valence-electron chi connectivity index (χ0n) is 7.06. The second kappa shape index (κ2) is 5.23. The molecular weight excluding hydrogens is 239 g/mol. The maximum atomic E-state index is 10.7. The lowest BCUT2D eigenvalue weighted by Gasteiger charge is -2.22. The van der Waals surface area contributed by atoms with E-state index in [9.17, 15) is 4.79 Å². The van der Waals surface area contributed by atoms with E-state index < -0.39 is 0 Å². The quantitative estimate of drug-likeness (QED) is 0.556. The molecule has 0 aromatic carbocycles. The van der Waals surface area contributed by atoms with Crippen LogP contribution in [0.25, 0.3) is 0 Å². The van der Waals surface area contributed by atoms with Crippen molar-refractivity contribution in [2.75, 3.05) is 0 Å². The van der Waals surface area contributed by atoms with Crippen molar-refractivity contribution in [2.45, 2.75) is 43.4 Å². The monoisotopic (exact) mass is 252 g/mol. The van der Waals surface area contributed by atoms with Gasteiger partial charge in [0.2, 0.25) is 5.24 Å². The van der Waals surface area contributed by atoms with Crippen LogP contribution in [0.2, 0.25) is 0 Å². The highest BCUT2D eigenvalue weighted by molar-refractivity contribution is 9.10. The molecule has 0 amide bonds. The third kappa shape index (κ3) is 3.44. The van der Waals surface area contributed by atoms with E-state index in [1.54, 1.807) is 0 Å². The molecule has 0 aliphatic heterocycles. The predicted octanol–water partition coefficient (Wildman–Crippen LogP) is 3.49. The summed E-state index contributed by atoms with van der Waals surface area (Å²) in [5, 5.41) is -0.249. The molecule has 0 unspecified atom stereocenters. The molecule has 1 atom stereocenters. The third-order valence-electron chi connectivity index (χ3n) is 2.51. The van der Waals surface area contributed by atoms with Crippen LogP contribution in [0.15, 0.2) is 0 Å². The number of carbonyl (C=O) groups is 1. The minimum Gasteiger partial charge on any atom is -0.280 e. The first-order valence-electron chi connectivity index (χ1n) is 4.53. The van der Waals surface area contributed by atoms with Gasteiger partial charge in [0, 0.05) is 0 Å². The van der Waals surface area contributed by atoms with Crippen LogP contribution in [0.5, 0.6) is 0 Å². The Morgan fingerprint density at radius 1 is 1.42 bits per heavy atom. The summed E-state index contributed by atoms with van der Waals surface area (Å²) in [7, 11) is 0. The van der Waals surface area contributed by atoms with Gasteiger partial charge in [-0.05, 0) is 23.9 Å². The summed E-state index contributed by atoms with van der Waals surface area (Å²) in [4.78, 5) is 10.6. The number of halogens is 2. The Morgan fingerprint density at radius 2 is 2.00 bits per heavy atom. The fraction of sp³-hybridized carbons (Fsp3) is 0.889. The van der Waals surface area contributed by atoms with Gasteiger partial charge in [0.15, 0.2) is 0 Å². The SMILES string of the molecule is O=C(Cl)[C@H](Br)CC1CCCCC1. The fourth-order valence-electron chi connectivity index (χ4n) is 1.81. The molecule has 1 nitrogen and oxygen atoms in total. The zero-order valence-corrected chi connectivity index (χ0v) is 9.40. The normalized spacial score (nSPS) is 22.2. The van der Waals surface area contributed by atoms with E-state index in [0.717, 1.165) is 6.42 Å². The molecule has 1 fully saturated rings. The average Bonchev–Trinajstić information content (AvgIpc) is 2.06. The smallest absolute Gasteiger partial charge is 0.235 e. The van der Waals surface area contributed by atoms with Crippen molar-refractivity contribution in [3.8, 4) is 0 Å². The maximum Gasteiger partial charge on any atom is 0.235 e. The summed E-state index contributed by atoms with van der Waals surface area (Å²) in [6, 6.07) is 0. The first-order valence-corrected chi connectivity index (χ1v) is 5.83. The number of hydrogen-bond acceptors (Lipinski definition) is 1. The van der Waals surface area contributed by atoms with Crippen LogP contribution in [0.3, 0.4) is 0 Å². The summed E-state index contributed by atoms with van der Waals surface area (Å²) in [6.45, 7) is 0. The van der Waals surface area contributed by atoms with Crippen molar-refractivity contribution < 1.29 is 4.79 Å². The second-order valence-corrected chi connectivity index (χ2v) is 4.99. The van der Waals surface area contributed by atoms with E-state index in [4.69, 9.17) is 11.6 Å². The lowest BCUT2D eigenvalue weighted by molar-refractivity contribution is -0.111. The molecule has 0 saturated heterocycles. The highest BCUT2D eigenvalue weighted by atomic mass is 79.9. The topological polar surface area (TPSA) is 17.1 Å². The predicted molar refractivity (Wildman–Crippen MR) is 54.8 cm³/mol. The molecule has 1 aliphatic rings. The van der Waals surface area contributed by atoms with E-state index in [2.05, 4.69) is 15.9 Å². The molecule has 1 rings (SSSR count). The van der Waals surface area contributed by atoms with Gasteiger partial charge in [-0.25, -0.2) is 0 Å². The van der Waals surface area contributed by atoms with Gasteiger partial charge in [0.25, 0.3) is 0 Å². The standard InChI is InChI=1S/C9H14BrClO/c10-8(9(11)12)6-7-4-2-1-3-5-7/h7-8H,1-6H2/t8-/m1/s1. The molecule has 1 aliphatic carbocycles. The van der Waals surface area contributed by atoms with Crippen LogP contribution < -0.4 is 0 Å². The summed E-state index contributed by atoms with van der Waals surface area (Å²) in [5.41, 5.74) is 0. The van der Waals surface area contributed by atoms with Crippen molar-refractivity contribution in [1.82, 2.24) is 0 Å². The Kier molecular flexibility index (Phi) is 4.59. The van der Waals surface area contributed by atoms with Crippen LogP contribution in [-0.2, 0) is 4.79 Å². The van der Waals surface area contributed by atoms with Crippen LogP contribution >= 0.6 is 27.5 Å². The van der Waals surface area contributed by atoms with Crippen molar-refractivity contribution in [2.24, 2.45) is 5.92 Å². The minimum atomic E-state index is -0.249. The first kappa shape index (κ1) is 10.5.